The molecule has 3 aromatic carbocycles. The lowest BCUT2D eigenvalue weighted by molar-refractivity contribution is -0.119. The summed E-state index contributed by atoms with van der Waals surface area (Å²) in [6.45, 7) is 1.85. The van der Waals surface area contributed by atoms with Gasteiger partial charge in [0, 0.05) is 37.5 Å². The molecule has 0 aliphatic carbocycles. The van der Waals surface area contributed by atoms with Gasteiger partial charge in [-0.2, -0.15) is 0 Å². The number of hydrogen-bond acceptors (Lipinski definition) is 8. The molecule has 1 amide bonds. The molecule has 0 saturated carbocycles. The number of ether oxygens (including phenoxy) is 4. The molecule has 0 radical (unpaired) electrons. The van der Waals surface area contributed by atoms with Gasteiger partial charge in [0.1, 0.15) is 18.0 Å². The van der Waals surface area contributed by atoms with Gasteiger partial charge in [-0.25, -0.2) is 8.42 Å². The molecular formula is C30H37N3O7S. The lowest BCUT2D eigenvalue weighted by atomic mass is 10.1. The zero-order valence-electron chi connectivity index (χ0n) is 23.9. The molecule has 1 saturated heterocycles. The van der Waals surface area contributed by atoms with Gasteiger partial charge in [-0.05, 0) is 61.2 Å². The molecule has 1 N–H and O–H groups in total. The predicted octanol–water partition coefficient (Wildman–Crippen LogP) is 4.22. The number of rotatable bonds is 12. The van der Waals surface area contributed by atoms with Crippen molar-refractivity contribution in [2.75, 3.05) is 57.3 Å². The van der Waals surface area contributed by atoms with Crippen molar-refractivity contribution in [2.24, 2.45) is 0 Å². The molecule has 0 unspecified atom stereocenters. The van der Waals surface area contributed by atoms with Crippen LogP contribution in [0.25, 0.3) is 0 Å². The first-order valence-corrected chi connectivity index (χ1v) is 14.8. The van der Waals surface area contributed by atoms with Gasteiger partial charge < -0.3 is 29.2 Å². The van der Waals surface area contributed by atoms with Gasteiger partial charge in [0.2, 0.25) is 5.91 Å². The summed E-state index contributed by atoms with van der Waals surface area (Å²) in [6, 6.07) is 17.1. The van der Waals surface area contributed by atoms with E-state index in [1.165, 1.54) is 72.0 Å². The molecule has 41 heavy (non-hydrogen) atoms. The highest BCUT2D eigenvalue weighted by atomic mass is 32.2. The maximum atomic E-state index is 14.0. The van der Waals surface area contributed by atoms with Crippen LogP contribution < -0.4 is 33.5 Å². The van der Waals surface area contributed by atoms with Crippen LogP contribution in [-0.4, -0.2) is 62.4 Å². The third-order valence-corrected chi connectivity index (χ3v) is 8.79. The molecule has 4 rings (SSSR count). The van der Waals surface area contributed by atoms with Crippen LogP contribution >= 0.6 is 0 Å². The van der Waals surface area contributed by atoms with Crippen molar-refractivity contribution in [3.63, 3.8) is 0 Å². The van der Waals surface area contributed by atoms with E-state index in [0.717, 1.165) is 28.6 Å². The number of anilines is 2. The molecule has 11 heteroatoms. The van der Waals surface area contributed by atoms with E-state index < -0.39 is 22.5 Å². The molecule has 10 nitrogen and oxygen atoms in total. The Labute approximate surface area is 241 Å². The minimum Gasteiger partial charge on any atom is -0.497 e. The summed E-state index contributed by atoms with van der Waals surface area (Å²) in [5.74, 6) is 0.794. The van der Waals surface area contributed by atoms with Crippen molar-refractivity contribution in [3.05, 3.63) is 66.2 Å². The Morgan fingerprint density at radius 3 is 2.10 bits per heavy atom. The Morgan fingerprint density at radius 1 is 0.805 bits per heavy atom. The van der Waals surface area contributed by atoms with Gasteiger partial charge in [0.05, 0.1) is 39.0 Å². The number of carbonyl (C=O) groups is 1. The van der Waals surface area contributed by atoms with E-state index >= 15 is 0 Å². The SMILES string of the molecule is COc1ccc(OC)c(N(CC(=O)NCc2ccc(N3CCCCC3)cc2)S(=O)(=O)c2ccc(OC)c(OC)c2)c1. The van der Waals surface area contributed by atoms with Crippen LogP contribution in [0.2, 0.25) is 0 Å². The smallest absolute Gasteiger partial charge is 0.265 e. The van der Waals surface area contributed by atoms with E-state index in [2.05, 4.69) is 22.3 Å². The first-order chi connectivity index (χ1) is 19.8. The molecule has 0 bridgehead atoms. The predicted molar refractivity (Wildman–Crippen MR) is 158 cm³/mol. The molecule has 0 aromatic heterocycles. The second-order valence-electron chi connectivity index (χ2n) is 9.56. The van der Waals surface area contributed by atoms with Gasteiger partial charge in [-0.15, -0.1) is 0 Å². The number of nitrogens with zero attached hydrogens (tertiary/aromatic N) is 2. The Morgan fingerprint density at radius 2 is 1.46 bits per heavy atom. The zero-order valence-corrected chi connectivity index (χ0v) is 24.7. The van der Waals surface area contributed by atoms with Gasteiger partial charge >= 0.3 is 0 Å². The van der Waals surface area contributed by atoms with Crippen LogP contribution in [0.3, 0.4) is 0 Å². The molecule has 1 aliphatic heterocycles. The van der Waals surface area contributed by atoms with Crippen LogP contribution in [0.4, 0.5) is 11.4 Å². The second kappa shape index (κ2) is 13.5. The van der Waals surface area contributed by atoms with Gasteiger partial charge in [-0.1, -0.05) is 12.1 Å². The molecular weight excluding hydrogens is 546 g/mol. The maximum Gasteiger partial charge on any atom is 0.265 e. The Bertz CT molecular complexity index is 1440. The van der Waals surface area contributed by atoms with E-state index in [0.29, 0.717) is 11.5 Å². The fourth-order valence-electron chi connectivity index (χ4n) is 4.76. The number of hydrogen-bond donors (Lipinski definition) is 1. The number of carbonyl (C=O) groups excluding carboxylic acids is 1. The standard InChI is InChI=1S/C30H37N3O7S/c1-37-24-12-14-27(38-2)26(18-24)33(41(35,36)25-13-15-28(39-3)29(19-25)40-4)21-30(34)31-20-22-8-10-23(11-9-22)32-16-6-5-7-17-32/h8-15,18-19H,5-7,16-17,20-21H2,1-4H3,(H,31,34). The number of amides is 1. The van der Waals surface area contributed by atoms with Crippen LogP contribution in [0.1, 0.15) is 24.8 Å². The quantitative estimate of drug-likeness (QED) is 0.338. The molecule has 1 fully saturated rings. The number of nitrogens with one attached hydrogen (secondary N) is 1. The summed E-state index contributed by atoms with van der Waals surface area (Å²) in [5.41, 5.74) is 2.23. The fraction of sp³-hybridized carbons (Fsp3) is 0.367. The van der Waals surface area contributed by atoms with E-state index in [1.807, 2.05) is 12.1 Å². The van der Waals surface area contributed by atoms with Crippen molar-refractivity contribution >= 4 is 27.3 Å². The summed E-state index contributed by atoms with van der Waals surface area (Å²) in [6.07, 6.45) is 3.65. The van der Waals surface area contributed by atoms with Crippen LogP contribution in [0.15, 0.2) is 65.6 Å². The highest BCUT2D eigenvalue weighted by Crippen LogP contribution is 2.37. The van der Waals surface area contributed by atoms with Crippen LogP contribution in [-0.2, 0) is 21.4 Å². The molecule has 0 atom stereocenters. The molecule has 1 aliphatic rings. The second-order valence-corrected chi connectivity index (χ2v) is 11.4. The van der Waals surface area contributed by atoms with Crippen molar-refractivity contribution in [3.8, 4) is 23.0 Å². The van der Waals surface area contributed by atoms with Crippen LogP contribution in [0, 0.1) is 0 Å². The van der Waals surface area contributed by atoms with Gasteiger partial charge in [0.15, 0.2) is 11.5 Å². The molecule has 1 heterocycles. The third-order valence-electron chi connectivity index (χ3n) is 7.03. The summed E-state index contributed by atoms with van der Waals surface area (Å²) in [5, 5.41) is 2.85. The van der Waals surface area contributed by atoms with Crippen LogP contribution in [0.5, 0.6) is 23.0 Å². The van der Waals surface area contributed by atoms with E-state index in [9.17, 15) is 13.2 Å². The average Bonchev–Trinajstić information content (AvgIpc) is 3.02. The number of methoxy groups -OCH3 is 4. The highest BCUT2D eigenvalue weighted by molar-refractivity contribution is 7.92. The zero-order chi connectivity index (χ0) is 29.4. The van der Waals surface area contributed by atoms with Crippen molar-refractivity contribution in [1.29, 1.82) is 0 Å². The molecule has 220 valence electrons. The monoisotopic (exact) mass is 583 g/mol. The number of benzene rings is 3. The minimum absolute atomic E-state index is 0.0823. The number of piperidine rings is 1. The van der Waals surface area contributed by atoms with E-state index in [-0.39, 0.29) is 28.6 Å². The summed E-state index contributed by atoms with van der Waals surface area (Å²) in [7, 11) is 1.52. The van der Waals surface area contributed by atoms with Crippen molar-refractivity contribution in [1.82, 2.24) is 5.32 Å². The van der Waals surface area contributed by atoms with Gasteiger partial charge in [0.25, 0.3) is 10.0 Å². The molecule has 3 aromatic rings. The Hall–Kier alpha value is -4.12. The van der Waals surface area contributed by atoms with Crippen molar-refractivity contribution < 1.29 is 32.2 Å². The Kier molecular flexibility index (Phi) is 9.82. The first-order valence-electron chi connectivity index (χ1n) is 13.4. The summed E-state index contributed by atoms with van der Waals surface area (Å²) in [4.78, 5) is 15.5. The molecule has 0 spiro atoms. The lowest BCUT2D eigenvalue weighted by Gasteiger charge is -2.29. The normalized spacial score (nSPS) is 13.3. The fourth-order valence-corrected chi connectivity index (χ4v) is 6.20. The van der Waals surface area contributed by atoms with E-state index in [4.69, 9.17) is 18.9 Å². The highest BCUT2D eigenvalue weighted by Gasteiger charge is 2.31. The maximum absolute atomic E-state index is 14.0. The average molecular weight is 584 g/mol. The summed E-state index contributed by atoms with van der Waals surface area (Å²) >= 11 is 0. The van der Waals surface area contributed by atoms with Crippen molar-refractivity contribution in [2.45, 2.75) is 30.7 Å². The Balaban J connectivity index is 1.59. The minimum atomic E-state index is -4.27. The van der Waals surface area contributed by atoms with E-state index in [1.54, 1.807) is 12.1 Å². The lowest BCUT2D eigenvalue weighted by Crippen LogP contribution is -2.41. The number of sulfonamides is 1. The largest absolute Gasteiger partial charge is 0.497 e. The third kappa shape index (κ3) is 6.97. The summed E-state index contributed by atoms with van der Waals surface area (Å²) < 4.78 is 50.4. The first kappa shape index (κ1) is 29.9. The topological polar surface area (TPSA) is 107 Å². The van der Waals surface area contributed by atoms with Gasteiger partial charge in [-0.3, -0.25) is 9.10 Å².